The highest BCUT2D eigenvalue weighted by atomic mass is 32.1. The molecule has 5 heteroatoms. The molecule has 0 aliphatic heterocycles. The van der Waals surface area contributed by atoms with Gasteiger partial charge in [0, 0.05) is 41.3 Å². The monoisotopic (exact) mass is 339 g/mol. The molecule has 1 amide bonds. The van der Waals surface area contributed by atoms with E-state index in [1.165, 1.54) is 5.01 Å². The molecular weight excluding hydrogens is 318 g/mol. The van der Waals surface area contributed by atoms with Gasteiger partial charge in [0.05, 0.1) is 5.01 Å². The maximum Gasteiger partial charge on any atom is 0.251 e. The highest BCUT2D eigenvalue weighted by Crippen LogP contribution is 2.12. The van der Waals surface area contributed by atoms with Gasteiger partial charge in [-0.05, 0) is 56.5 Å². The van der Waals surface area contributed by atoms with Crippen molar-refractivity contribution in [2.45, 2.75) is 26.2 Å². The van der Waals surface area contributed by atoms with Crippen LogP contribution in [0.5, 0.6) is 0 Å². The second-order valence-electron chi connectivity index (χ2n) is 5.74. The van der Waals surface area contributed by atoms with E-state index in [9.17, 15) is 4.79 Å². The van der Waals surface area contributed by atoms with Crippen molar-refractivity contribution < 1.29 is 4.79 Å². The first-order valence-electron chi connectivity index (χ1n) is 8.15. The van der Waals surface area contributed by atoms with Crippen LogP contribution in [0.4, 0.5) is 0 Å². The van der Waals surface area contributed by atoms with Gasteiger partial charge in [-0.2, -0.15) is 0 Å². The summed E-state index contributed by atoms with van der Waals surface area (Å²) in [6.07, 6.45) is 6.92. The normalized spacial score (nSPS) is 10.7. The Morgan fingerprint density at radius 3 is 2.79 bits per heavy atom. The number of benzene rings is 1. The predicted molar refractivity (Wildman–Crippen MR) is 97.9 cm³/mol. The zero-order chi connectivity index (χ0) is 16.8. The van der Waals surface area contributed by atoms with E-state index in [2.05, 4.69) is 15.7 Å². The molecule has 0 atom stereocenters. The molecule has 3 aromatic rings. The molecule has 0 fully saturated rings. The average Bonchev–Trinajstić information content (AvgIpc) is 3.26. The van der Waals surface area contributed by atoms with Gasteiger partial charge in [0.15, 0.2) is 0 Å². The van der Waals surface area contributed by atoms with E-state index >= 15 is 0 Å². The molecule has 3 rings (SSSR count). The standard InChI is InChI=1S/C19H21N3OS/c1-15-14-24-18(21-15)9-2-3-10-20-19(23)16-7-6-8-17(13-16)22-11-4-5-12-22/h4-8,11-14H,2-3,9-10H2,1H3,(H,20,23). The number of amides is 1. The van der Waals surface area contributed by atoms with Crippen molar-refractivity contribution in [3.05, 3.63) is 70.4 Å². The van der Waals surface area contributed by atoms with Gasteiger partial charge in [-0.15, -0.1) is 11.3 Å². The molecule has 4 nitrogen and oxygen atoms in total. The lowest BCUT2D eigenvalue weighted by Crippen LogP contribution is -2.24. The largest absolute Gasteiger partial charge is 0.352 e. The molecule has 1 aromatic carbocycles. The number of unbranched alkanes of at least 4 members (excludes halogenated alkanes) is 1. The quantitative estimate of drug-likeness (QED) is 0.662. The molecule has 0 saturated heterocycles. The Balaban J connectivity index is 1.46. The zero-order valence-corrected chi connectivity index (χ0v) is 14.6. The van der Waals surface area contributed by atoms with Crippen molar-refractivity contribution in [1.29, 1.82) is 0 Å². The van der Waals surface area contributed by atoms with Crippen LogP contribution >= 0.6 is 11.3 Å². The Morgan fingerprint density at radius 2 is 2.04 bits per heavy atom. The molecule has 0 bridgehead atoms. The molecule has 24 heavy (non-hydrogen) atoms. The van der Waals surface area contributed by atoms with Gasteiger partial charge < -0.3 is 9.88 Å². The van der Waals surface area contributed by atoms with Crippen LogP contribution in [0.3, 0.4) is 0 Å². The molecule has 0 unspecified atom stereocenters. The van der Waals surface area contributed by atoms with Gasteiger partial charge in [0.2, 0.25) is 0 Å². The number of carbonyl (C=O) groups is 1. The zero-order valence-electron chi connectivity index (χ0n) is 13.7. The molecule has 124 valence electrons. The van der Waals surface area contributed by atoms with Gasteiger partial charge in [-0.25, -0.2) is 4.98 Å². The van der Waals surface area contributed by atoms with E-state index in [0.717, 1.165) is 30.6 Å². The Hall–Kier alpha value is -2.40. The van der Waals surface area contributed by atoms with Gasteiger partial charge in [0.25, 0.3) is 5.91 Å². The highest BCUT2D eigenvalue weighted by molar-refractivity contribution is 7.09. The van der Waals surface area contributed by atoms with Gasteiger partial charge in [-0.1, -0.05) is 6.07 Å². The van der Waals surface area contributed by atoms with Gasteiger partial charge in [0.1, 0.15) is 0 Å². The van der Waals surface area contributed by atoms with Crippen molar-refractivity contribution in [1.82, 2.24) is 14.9 Å². The number of hydrogen-bond acceptors (Lipinski definition) is 3. The lowest BCUT2D eigenvalue weighted by Gasteiger charge is -2.07. The number of hydrogen-bond donors (Lipinski definition) is 1. The van der Waals surface area contributed by atoms with Crippen molar-refractivity contribution >= 4 is 17.2 Å². The molecule has 0 saturated carbocycles. The SMILES string of the molecule is Cc1csc(CCCCNC(=O)c2cccc(-n3cccc3)c2)n1. The van der Waals surface area contributed by atoms with Gasteiger partial charge >= 0.3 is 0 Å². The molecule has 0 radical (unpaired) electrons. The lowest BCUT2D eigenvalue weighted by atomic mass is 10.2. The van der Waals surface area contributed by atoms with Gasteiger partial charge in [-0.3, -0.25) is 4.79 Å². The van der Waals surface area contributed by atoms with E-state index in [-0.39, 0.29) is 5.91 Å². The third-order valence-electron chi connectivity index (χ3n) is 3.78. The Morgan fingerprint density at radius 1 is 1.21 bits per heavy atom. The van der Waals surface area contributed by atoms with Crippen LogP contribution in [0.25, 0.3) is 5.69 Å². The Kier molecular flexibility index (Phi) is 5.43. The Labute approximate surface area is 146 Å². The first-order chi connectivity index (χ1) is 11.7. The fourth-order valence-corrected chi connectivity index (χ4v) is 3.36. The second kappa shape index (κ2) is 7.93. The lowest BCUT2D eigenvalue weighted by molar-refractivity contribution is 0.0953. The summed E-state index contributed by atoms with van der Waals surface area (Å²) in [6.45, 7) is 2.71. The van der Waals surface area contributed by atoms with Crippen LogP contribution in [0.2, 0.25) is 0 Å². The first kappa shape index (κ1) is 16.5. The maximum atomic E-state index is 12.3. The molecular formula is C19H21N3OS. The van der Waals surface area contributed by atoms with Crippen molar-refractivity contribution in [2.75, 3.05) is 6.54 Å². The van der Waals surface area contributed by atoms with E-state index in [4.69, 9.17) is 0 Å². The fraction of sp³-hybridized carbons (Fsp3) is 0.263. The van der Waals surface area contributed by atoms with Crippen LogP contribution in [0.1, 0.15) is 33.9 Å². The average molecular weight is 339 g/mol. The van der Waals surface area contributed by atoms with Crippen LogP contribution in [0, 0.1) is 6.92 Å². The first-order valence-corrected chi connectivity index (χ1v) is 9.03. The number of carbonyl (C=O) groups excluding carboxylic acids is 1. The molecule has 1 N–H and O–H groups in total. The van der Waals surface area contributed by atoms with Crippen LogP contribution in [-0.2, 0) is 6.42 Å². The fourth-order valence-electron chi connectivity index (χ4n) is 2.54. The van der Waals surface area contributed by atoms with Crippen LogP contribution in [0.15, 0.2) is 54.2 Å². The van der Waals surface area contributed by atoms with E-state index in [0.29, 0.717) is 12.1 Å². The molecule has 0 spiro atoms. The van der Waals surface area contributed by atoms with Crippen molar-refractivity contribution in [2.24, 2.45) is 0 Å². The number of thiazole rings is 1. The third kappa shape index (κ3) is 4.32. The molecule has 2 aromatic heterocycles. The van der Waals surface area contributed by atoms with Crippen LogP contribution < -0.4 is 5.32 Å². The number of nitrogens with one attached hydrogen (secondary N) is 1. The van der Waals surface area contributed by atoms with Crippen molar-refractivity contribution in [3.8, 4) is 5.69 Å². The minimum absolute atomic E-state index is 0.0194. The summed E-state index contributed by atoms with van der Waals surface area (Å²) in [5.41, 5.74) is 2.77. The number of rotatable bonds is 7. The number of aromatic nitrogens is 2. The van der Waals surface area contributed by atoms with Crippen LogP contribution in [-0.4, -0.2) is 22.0 Å². The number of aryl methyl sites for hydroxylation is 2. The summed E-state index contributed by atoms with van der Waals surface area (Å²) in [5.74, 6) is -0.0194. The minimum Gasteiger partial charge on any atom is -0.352 e. The highest BCUT2D eigenvalue weighted by Gasteiger charge is 2.06. The topological polar surface area (TPSA) is 46.9 Å². The maximum absolute atomic E-state index is 12.3. The second-order valence-corrected chi connectivity index (χ2v) is 6.68. The molecule has 0 aliphatic carbocycles. The summed E-state index contributed by atoms with van der Waals surface area (Å²) in [4.78, 5) is 16.7. The number of nitrogens with zero attached hydrogens (tertiary/aromatic N) is 2. The summed E-state index contributed by atoms with van der Waals surface area (Å²) >= 11 is 1.71. The van der Waals surface area contributed by atoms with Crippen molar-refractivity contribution in [3.63, 3.8) is 0 Å². The molecule has 0 aliphatic rings. The van der Waals surface area contributed by atoms with E-state index in [1.807, 2.05) is 60.3 Å². The summed E-state index contributed by atoms with van der Waals surface area (Å²) in [6, 6.07) is 11.6. The summed E-state index contributed by atoms with van der Waals surface area (Å²) < 4.78 is 1.99. The summed E-state index contributed by atoms with van der Waals surface area (Å²) in [5, 5.41) is 6.25. The predicted octanol–water partition coefficient (Wildman–Crippen LogP) is 3.99. The minimum atomic E-state index is -0.0194. The summed E-state index contributed by atoms with van der Waals surface area (Å²) in [7, 11) is 0. The van der Waals surface area contributed by atoms with E-state index < -0.39 is 0 Å². The third-order valence-corrected chi connectivity index (χ3v) is 4.81. The Bertz CT molecular complexity index is 793. The smallest absolute Gasteiger partial charge is 0.251 e. The van der Waals surface area contributed by atoms with E-state index in [1.54, 1.807) is 11.3 Å². The molecule has 2 heterocycles.